The van der Waals surface area contributed by atoms with Gasteiger partial charge in [-0.2, -0.15) is 5.10 Å². The van der Waals surface area contributed by atoms with Gasteiger partial charge in [-0.15, -0.1) is 5.10 Å². The standard InChI is InChI=1S/C18H15Br2N3O2S/c1-11-2-4-12(5-3-11)9-25-17-14(19)6-13(7-15(17)20)8-21-23-18-22-16(24)10-26-18/h2-8H,9-10H2,1H3,(H,22,23,24)/b21-8-. The lowest BCUT2D eigenvalue weighted by Crippen LogP contribution is -2.19. The van der Waals surface area contributed by atoms with E-state index in [4.69, 9.17) is 4.74 Å². The fraction of sp³-hybridized carbons (Fsp3) is 0.167. The Balaban J connectivity index is 1.67. The Kier molecular flexibility index (Phi) is 6.50. The van der Waals surface area contributed by atoms with Gasteiger partial charge in [0, 0.05) is 0 Å². The van der Waals surface area contributed by atoms with E-state index in [9.17, 15) is 4.79 Å². The SMILES string of the molecule is Cc1ccc(COc2c(Br)cc(/C=N\N=C3NC(=O)CS3)cc2Br)cc1. The first-order chi connectivity index (χ1) is 12.5. The highest BCUT2D eigenvalue weighted by Gasteiger charge is 2.16. The third-order valence-electron chi connectivity index (χ3n) is 3.47. The molecule has 0 atom stereocenters. The van der Waals surface area contributed by atoms with Gasteiger partial charge >= 0.3 is 0 Å². The summed E-state index contributed by atoms with van der Waals surface area (Å²) in [7, 11) is 0. The first-order valence-electron chi connectivity index (χ1n) is 7.72. The normalized spacial score (nSPS) is 15.7. The van der Waals surface area contributed by atoms with Gasteiger partial charge in [0.1, 0.15) is 12.4 Å². The fourth-order valence-corrected chi connectivity index (χ4v) is 4.24. The van der Waals surface area contributed by atoms with Crippen LogP contribution < -0.4 is 10.1 Å². The molecule has 0 saturated carbocycles. The van der Waals surface area contributed by atoms with E-state index in [0.29, 0.717) is 17.5 Å². The number of nitrogens with one attached hydrogen (secondary N) is 1. The maximum Gasteiger partial charge on any atom is 0.236 e. The molecule has 1 saturated heterocycles. The zero-order chi connectivity index (χ0) is 18.5. The van der Waals surface area contributed by atoms with Gasteiger partial charge < -0.3 is 10.1 Å². The number of carbonyl (C=O) groups excluding carboxylic acids is 1. The molecular formula is C18H15Br2N3O2S. The zero-order valence-corrected chi connectivity index (χ0v) is 17.8. The number of benzene rings is 2. The van der Waals surface area contributed by atoms with Crippen LogP contribution >= 0.6 is 43.6 Å². The number of carbonyl (C=O) groups is 1. The minimum Gasteiger partial charge on any atom is -0.487 e. The molecule has 1 N–H and O–H groups in total. The summed E-state index contributed by atoms with van der Waals surface area (Å²) in [6, 6.07) is 12.0. The molecule has 134 valence electrons. The Morgan fingerprint density at radius 1 is 1.23 bits per heavy atom. The number of hydrogen-bond acceptors (Lipinski definition) is 5. The van der Waals surface area contributed by atoms with E-state index < -0.39 is 0 Å². The zero-order valence-electron chi connectivity index (χ0n) is 13.8. The lowest BCUT2D eigenvalue weighted by molar-refractivity contribution is -0.116. The molecular weight excluding hydrogens is 482 g/mol. The number of thioether (sulfide) groups is 1. The van der Waals surface area contributed by atoms with E-state index in [1.54, 1.807) is 6.21 Å². The Bertz CT molecular complexity index is 860. The van der Waals surface area contributed by atoms with Crippen molar-refractivity contribution in [3.8, 4) is 5.75 Å². The molecule has 0 unspecified atom stereocenters. The maximum absolute atomic E-state index is 11.1. The number of ether oxygens (including phenoxy) is 1. The van der Waals surface area contributed by atoms with Crippen LogP contribution in [0, 0.1) is 6.92 Å². The number of amides is 1. The quantitative estimate of drug-likeness (QED) is 0.484. The molecule has 3 rings (SSSR count). The highest BCUT2D eigenvalue weighted by atomic mass is 79.9. The molecule has 1 amide bonds. The summed E-state index contributed by atoms with van der Waals surface area (Å²) in [5.41, 5.74) is 3.18. The predicted octanol–water partition coefficient (Wildman–Crippen LogP) is 4.65. The first kappa shape index (κ1) is 19.1. The minimum absolute atomic E-state index is 0.0514. The molecule has 1 fully saturated rings. The van der Waals surface area contributed by atoms with Crippen LogP contribution in [0.15, 0.2) is 55.5 Å². The Morgan fingerprint density at radius 2 is 1.92 bits per heavy atom. The summed E-state index contributed by atoms with van der Waals surface area (Å²) < 4.78 is 7.56. The summed E-state index contributed by atoms with van der Waals surface area (Å²) in [5.74, 6) is 1.07. The predicted molar refractivity (Wildman–Crippen MR) is 113 cm³/mol. The molecule has 1 aliphatic heterocycles. The van der Waals surface area contributed by atoms with Crippen molar-refractivity contribution in [3.05, 3.63) is 62.0 Å². The van der Waals surface area contributed by atoms with Crippen LogP contribution in [-0.4, -0.2) is 23.0 Å². The first-order valence-corrected chi connectivity index (χ1v) is 10.3. The lowest BCUT2D eigenvalue weighted by atomic mass is 10.2. The van der Waals surface area contributed by atoms with Crippen LogP contribution in [0.1, 0.15) is 16.7 Å². The largest absolute Gasteiger partial charge is 0.487 e. The van der Waals surface area contributed by atoms with Gasteiger partial charge in [0.2, 0.25) is 5.91 Å². The molecule has 1 heterocycles. The number of hydrogen-bond donors (Lipinski definition) is 1. The van der Waals surface area contributed by atoms with Crippen molar-refractivity contribution < 1.29 is 9.53 Å². The van der Waals surface area contributed by atoms with Gasteiger partial charge in [0.15, 0.2) is 5.17 Å². The highest BCUT2D eigenvalue weighted by Crippen LogP contribution is 2.35. The van der Waals surface area contributed by atoms with Crippen molar-refractivity contribution in [2.24, 2.45) is 10.2 Å². The molecule has 26 heavy (non-hydrogen) atoms. The molecule has 0 spiro atoms. The number of nitrogens with zero attached hydrogens (tertiary/aromatic N) is 2. The van der Waals surface area contributed by atoms with Gasteiger partial charge in [0.25, 0.3) is 0 Å². The summed E-state index contributed by atoms with van der Waals surface area (Å²) in [6.45, 7) is 2.54. The average molecular weight is 497 g/mol. The number of aryl methyl sites for hydroxylation is 1. The summed E-state index contributed by atoms with van der Waals surface area (Å²) >= 11 is 8.41. The summed E-state index contributed by atoms with van der Waals surface area (Å²) in [6.07, 6.45) is 1.62. The second-order valence-corrected chi connectivity index (χ2v) is 8.25. The van der Waals surface area contributed by atoms with Crippen LogP contribution in [0.3, 0.4) is 0 Å². The molecule has 0 aliphatic carbocycles. The van der Waals surface area contributed by atoms with Crippen LogP contribution in [0.5, 0.6) is 5.75 Å². The van der Waals surface area contributed by atoms with Gasteiger partial charge in [-0.1, -0.05) is 41.6 Å². The average Bonchev–Trinajstić information content (AvgIpc) is 3.01. The van der Waals surface area contributed by atoms with E-state index in [2.05, 4.69) is 78.6 Å². The van der Waals surface area contributed by atoms with Crippen molar-refractivity contribution in [3.63, 3.8) is 0 Å². The van der Waals surface area contributed by atoms with Gasteiger partial charge in [-0.3, -0.25) is 4.79 Å². The van der Waals surface area contributed by atoms with Gasteiger partial charge in [-0.25, -0.2) is 0 Å². The molecule has 0 bridgehead atoms. The van der Waals surface area contributed by atoms with E-state index in [1.807, 2.05) is 12.1 Å². The van der Waals surface area contributed by atoms with Crippen molar-refractivity contribution in [1.29, 1.82) is 0 Å². The third kappa shape index (κ3) is 5.18. The molecule has 8 heteroatoms. The summed E-state index contributed by atoms with van der Waals surface area (Å²) in [4.78, 5) is 11.1. The molecule has 0 radical (unpaired) electrons. The topological polar surface area (TPSA) is 63.1 Å². The van der Waals surface area contributed by atoms with Crippen LogP contribution in [0.4, 0.5) is 0 Å². The van der Waals surface area contributed by atoms with Crippen molar-refractivity contribution in [2.75, 3.05) is 5.75 Å². The highest BCUT2D eigenvalue weighted by molar-refractivity contribution is 9.11. The van der Waals surface area contributed by atoms with Crippen molar-refractivity contribution in [2.45, 2.75) is 13.5 Å². The Morgan fingerprint density at radius 3 is 2.54 bits per heavy atom. The van der Waals surface area contributed by atoms with Crippen molar-refractivity contribution >= 4 is 60.9 Å². The molecule has 0 aromatic heterocycles. The molecule has 2 aromatic rings. The van der Waals surface area contributed by atoms with E-state index >= 15 is 0 Å². The Labute approximate surface area is 172 Å². The number of halogens is 2. The monoisotopic (exact) mass is 495 g/mol. The molecule has 1 aliphatic rings. The number of rotatable bonds is 5. The summed E-state index contributed by atoms with van der Waals surface area (Å²) in [5, 5.41) is 11.2. The minimum atomic E-state index is -0.0514. The number of amidine groups is 1. The van der Waals surface area contributed by atoms with E-state index in [-0.39, 0.29) is 5.91 Å². The van der Waals surface area contributed by atoms with Crippen LogP contribution in [0.2, 0.25) is 0 Å². The second kappa shape index (κ2) is 8.83. The van der Waals surface area contributed by atoms with Crippen molar-refractivity contribution in [1.82, 2.24) is 5.32 Å². The lowest BCUT2D eigenvalue weighted by Gasteiger charge is -2.11. The smallest absolute Gasteiger partial charge is 0.236 e. The van der Waals surface area contributed by atoms with E-state index in [0.717, 1.165) is 25.8 Å². The van der Waals surface area contributed by atoms with E-state index in [1.165, 1.54) is 17.3 Å². The Hall–Kier alpha value is -1.64. The van der Waals surface area contributed by atoms with Crippen LogP contribution in [-0.2, 0) is 11.4 Å². The van der Waals surface area contributed by atoms with Crippen LogP contribution in [0.25, 0.3) is 0 Å². The maximum atomic E-state index is 11.1. The van der Waals surface area contributed by atoms with Gasteiger partial charge in [0.05, 0.1) is 20.9 Å². The molecule has 5 nitrogen and oxygen atoms in total. The third-order valence-corrected chi connectivity index (χ3v) is 5.51. The molecule has 2 aromatic carbocycles. The van der Waals surface area contributed by atoms with Gasteiger partial charge in [-0.05, 0) is 62.0 Å². The fourth-order valence-electron chi connectivity index (χ4n) is 2.16. The second-order valence-electron chi connectivity index (χ2n) is 5.57.